The molecule has 1 atom stereocenters. The van der Waals surface area contributed by atoms with Gasteiger partial charge in [-0.2, -0.15) is 4.52 Å². The van der Waals surface area contributed by atoms with Gasteiger partial charge in [-0.3, -0.25) is 0 Å². The van der Waals surface area contributed by atoms with Crippen molar-refractivity contribution in [3.8, 4) is 0 Å². The van der Waals surface area contributed by atoms with Gasteiger partial charge in [0, 0.05) is 10.4 Å². The SMILES string of the molecule is Cc1nnc2ccc(NC(C)c3cc4cc(Cl)ccc4o3)nn12. The first-order valence-electron chi connectivity index (χ1n) is 7.25. The first-order valence-corrected chi connectivity index (χ1v) is 7.62. The molecule has 0 saturated carbocycles. The average molecular weight is 328 g/mol. The Balaban J connectivity index is 1.64. The van der Waals surface area contributed by atoms with E-state index in [1.165, 1.54) is 0 Å². The topological polar surface area (TPSA) is 68.2 Å². The third-order valence-corrected chi connectivity index (χ3v) is 3.94. The molecule has 1 N–H and O–H groups in total. The van der Waals surface area contributed by atoms with E-state index >= 15 is 0 Å². The number of anilines is 1. The van der Waals surface area contributed by atoms with Gasteiger partial charge < -0.3 is 9.73 Å². The molecule has 0 saturated heterocycles. The van der Waals surface area contributed by atoms with Crippen molar-refractivity contribution in [2.24, 2.45) is 0 Å². The van der Waals surface area contributed by atoms with Crippen LogP contribution in [-0.4, -0.2) is 19.8 Å². The van der Waals surface area contributed by atoms with Crippen molar-refractivity contribution >= 4 is 34.0 Å². The normalized spacial score (nSPS) is 12.8. The fraction of sp³-hybridized carbons (Fsp3) is 0.188. The molecule has 3 heterocycles. The van der Waals surface area contributed by atoms with Crippen molar-refractivity contribution < 1.29 is 4.42 Å². The summed E-state index contributed by atoms with van der Waals surface area (Å²) in [6.07, 6.45) is 0. The van der Waals surface area contributed by atoms with Crippen molar-refractivity contribution in [2.75, 3.05) is 5.32 Å². The summed E-state index contributed by atoms with van der Waals surface area (Å²) in [4.78, 5) is 0. The summed E-state index contributed by atoms with van der Waals surface area (Å²) in [5, 5.41) is 17.5. The molecule has 0 aliphatic heterocycles. The van der Waals surface area contributed by atoms with Crippen LogP contribution < -0.4 is 5.32 Å². The fourth-order valence-electron chi connectivity index (χ4n) is 2.51. The number of furan rings is 1. The van der Waals surface area contributed by atoms with E-state index in [1.54, 1.807) is 4.52 Å². The highest BCUT2D eigenvalue weighted by molar-refractivity contribution is 6.31. The van der Waals surface area contributed by atoms with E-state index in [9.17, 15) is 0 Å². The van der Waals surface area contributed by atoms with E-state index in [0.29, 0.717) is 5.02 Å². The number of aryl methyl sites for hydroxylation is 1. The maximum atomic E-state index is 6.01. The molecule has 116 valence electrons. The molecule has 0 amide bonds. The molecule has 4 rings (SSSR count). The number of nitrogens with zero attached hydrogens (tertiary/aromatic N) is 4. The molecule has 3 aromatic heterocycles. The lowest BCUT2D eigenvalue weighted by molar-refractivity contribution is 0.525. The van der Waals surface area contributed by atoms with Gasteiger partial charge in [0.15, 0.2) is 11.5 Å². The minimum atomic E-state index is -0.0390. The number of fused-ring (bicyclic) bond motifs is 2. The molecular weight excluding hydrogens is 314 g/mol. The van der Waals surface area contributed by atoms with Gasteiger partial charge in [-0.05, 0) is 50.2 Å². The maximum Gasteiger partial charge on any atom is 0.178 e. The van der Waals surface area contributed by atoms with Crippen molar-refractivity contribution in [3.05, 3.63) is 53.0 Å². The maximum absolute atomic E-state index is 6.01. The van der Waals surface area contributed by atoms with E-state index in [1.807, 2.05) is 50.2 Å². The first kappa shape index (κ1) is 14.0. The van der Waals surface area contributed by atoms with Crippen molar-refractivity contribution in [1.82, 2.24) is 19.8 Å². The third-order valence-electron chi connectivity index (χ3n) is 3.71. The Labute approximate surface area is 137 Å². The fourth-order valence-corrected chi connectivity index (χ4v) is 2.69. The van der Waals surface area contributed by atoms with Gasteiger partial charge in [-0.15, -0.1) is 15.3 Å². The van der Waals surface area contributed by atoms with Crippen LogP contribution in [0.5, 0.6) is 0 Å². The second-order valence-electron chi connectivity index (χ2n) is 5.43. The number of hydrogen-bond acceptors (Lipinski definition) is 5. The number of rotatable bonds is 3. The van der Waals surface area contributed by atoms with Crippen LogP contribution in [0.2, 0.25) is 5.02 Å². The monoisotopic (exact) mass is 327 g/mol. The number of benzene rings is 1. The zero-order valence-electron chi connectivity index (χ0n) is 12.6. The minimum absolute atomic E-state index is 0.0390. The second-order valence-corrected chi connectivity index (χ2v) is 5.87. The molecule has 7 heteroatoms. The van der Waals surface area contributed by atoms with Crippen LogP contribution in [0.4, 0.5) is 5.82 Å². The summed E-state index contributed by atoms with van der Waals surface area (Å²) in [6, 6.07) is 11.3. The third kappa shape index (κ3) is 2.51. The summed E-state index contributed by atoms with van der Waals surface area (Å²) in [5.74, 6) is 2.30. The van der Waals surface area contributed by atoms with Crippen LogP contribution in [0.25, 0.3) is 16.6 Å². The predicted molar refractivity (Wildman–Crippen MR) is 88.8 cm³/mol. The standard InChI is InChI=1S/C16H14ClN5O/c1-9(14-8-11-7-12(17)3-4-13(11)23-14)18-15-5-6-16-20-19-10(2)22(16)21-15/h3-9H,1-2H3,(H,18,21). The zero-order chi connectivity index (χ0) is 16.0. The van der Waals surface area contributed by atoms with E-state index < -0.39 is 0 Å². The molecule has 1 aromatic carbocycles. The molecule has 23 heavy (non-hydrogen) atoms. The van der Waals surface area contributed by atoms with E-state index in [-0.39, 0.29) is 6.04 Å². The molecule has 0 aliphatic rings. The quantitative estimate of drug-likeness (QED) is 0.616. The van der Waals surface area contributed by atoms with Crippen LogP contribution in [0.1, 0.15) is 24.6 Å². The smallest absolute Gasteiger partial charge is 0.178 e. The summed E-state index contributed by atoms with van der Waals surface area (Å²) in [6.45, 7) is 3.88. The van der Waals surface area contributed by atoms with Crippen molar-refractivity contribution in [2.45, 2.75) is 19.9 Å². The molecule has 0 spiro atoms. The molecule has 4 aromatic rings. The molecule has 0 bridgehead atoms. The predicted octanol–water partition coefficient (Wildman–Crippen LogP) is 4.01. The van der Waals surface area contributed by atoms with Gasteiger partial charge in [-0.25, -0.2) is 0 Å². The Kier molecular flexibility index (Phi) is 3.20. The second kappa shape index (κ2) is 5.24. The largest absolute Gasteiger partial charge is 0.459 e. The minimum Gasteiger partial charge on any atom is -0.459 e. The Morgan fingerprint density at radius 2 is 2.04 bits per heavy atom. The lowest BCUT2D eigenvalue weighted by Crippen LogP contribution is -2.09. The van der Waals surface area contributed by atoms with Crippen LogP contribution in [0.15, 0.2) is 40.8 Å². The summed E-state index contributed by atoms with van der Waals surface area (Å²) < 4.78 is 7.57. The number of halogens is 1. The van der Waals surface area contributed by atoms with Crippen LogP contribution in [0.3, 0.4) is 0 Å². The zero-order valence-corrected chi connectivity index (χ0v) is 13.4. The average Bonchev–Trinajstić information content (AvgIpc) is 3.11. The van der Waals surface area contributed by atoms with Crippen LogP contribution in [-0.2, 0) is 0 Å². The number of nitrogens with one attached hydrogen (secondary N) is 1. The number of hydrogen-bond donors (Lipinski definition) is 1. The first-order chi connectivity index (χ1) is 11.1. The van der Waals surface area contributed by atoms with Gasteiger partial charge in [0.1, 0.15) is 17.2 Å². The van der Waals surface area contributed by atoms with E-state index in [0.717, 1.165) is 34.0 Å². The van der Waals surface area contributed by atoms with Gasteiger partial charge >= 0.3 is 0 Å². The molecule has 0 radical (unpaired) electrons. The van der Waals surface area contributed by atoms with Crippen molar-refractivity contribution in [3.63, 3.8) is 0 Å². The summed E-state index contributed by atoms with van der Waals surface area (Å²) in [5.41, 5.74) is 1.54. The lowest BCUT2D eigenvalue weighted by Gasteiger charge is -2.11. The molecular formula is C16H14ClN5O. The van der Waals surface area contributed by atoms with Gasteiger partial charge in [0.2, 0.25) is 0 Å². The van der Waals surface area contributed by atoms with Gasteiger partial charge in [0.25, 0.3) is 0 Å². The van der Waals surface area contributed by atoms with Crippen LogP contribution >= 0.6 is 11.6 Å². The van der Waals surface area contributed by atoms with Gasteiger partial charge in [-0.1, -0.05) is 11.6 Å². The Morgan fingerprint density at radius 3 is 2.91 bits per heavy atom. The highest BCUT2D eigenvalue weighted by Gasteiger charge is 2.13. The van der Waals surface area contributed by atoms with E-state index in [2.05, 4.69) is 20.6 Å². The highest BCUT2D eigenvalue weighted by Crippen LogP contribution is 2.27. The molecule has 0 fully saturated rings. The van der Waals surface area contributed by atoms with Gasteiger partial charge in [0.05, 0.1) is 6.04 Å². The Hall–Kier alpha value is -2.60. The molecule has 0 aliphatic carbocycles. The molecule has 1 unspecified atom stereocenters. The Morgan fingerprint density at radius 1 is 1.17 bits per heavy atom. The highest BCUT2D eigenvalue weighted by atomic mass is 35.5. The summed E-state index contributed by atoms with van der Waals surface area (Å²) in [7, 11) is 0. The summed E-state index contributed by atoms with van der Waals surface area (Å²) >= 11 is 6.01. The number of aromatic nitrogens is 4. The van der Waals surface area contributed by atoms with Crippen molar-refractivity contribution in [1.29, 1.82) is 0 Å². The lowest BCUT2D eigenvalue weighted by atomic mass is 10.2. The Bertz CT molecular complexity index is 1010. The van der Waals surface area contributed by atoms with E-state index in [4.69, 9.17) is 16.0 Å². The molecule has 6 nitrogen and oxygen atoms in total. The van der Waals surface area contributed by atoms with Crippen LogP contribution in [0, 0.1) is 6.92 Å².